The molecule has 0 spiro atoms. The van der Waals surface area contributed by atoms with Crippen LogP contribution in [0.1, 0.15) is 39.0 Å². The Morgan fingerprint density at radius 1 is 1.28 bits per heavy atom. The fourth-order valence-electron chi connectivity index (χ4n) is 2.75. The van der Waals surface area contributed by atoms with Crippen molar-refractivity contribution < 1.29 is 14.7 Å². The summed E-state index contributed by atoms with van der Waals surface area (Å²) in [5.74, 6) is -0.704. The second-order valence-electron chi connectivity index (χ2n) is 5.23. The van der Waals surface area contributed by atoms with E-state index >= 15 is 0 Å². The summed E-state index contributed by atoms with van der Waals surface area (Å²) in [6.45, 7) is 3.71. The van der Waals surface area contributed by atoms with Crippen LogP contribution in [0.2, 0.25) is 0 Å². The first kappa shape index (κ1) is 13.3. The lowest BCUT2D eigenvalue weighted by Gasteiger charge is -2.33. The van der Waals surface area contributed by atoms with Crippen molar-refractivity contribution in [2.45, 2.75) is 51.1 Å². The fraction of sp³-hybridized carbons (Fsp3) is 0.846. The molecule has 0 aromatic rings. The molecule has 5 nitrogen and oxygen atoms in total. The van der Waals surface area contributed by atoms with Crippen molar-refractivity contribution in [2.24, 2.45) is 0 Å². The number of carboxylic acid groups (broad SMARTS) is 1. The molecule has 5 heteroatoms. The van der Waals surface area contributed by atoms with E-state index in [1.165, 1.54) is 0 Å². The first-order valence-electron chi connectivity index (χ1n) is 6.89. The van der Waals surface area contributed by atoms with E-state index in [4.69, 9.17) is 0 Å². The number of amides is 1. The molecule has 2 aliphatic rings. The number of piperidine rings is 1. The van der Waals surface area contributed by atoms with Crippen LogP contribution in [-0.2, 0) is 9.59 Å². The number of carbonyl (C=O) groups is 2. The van der Waals surface area contributed by atoms with Crippen LogP contribution in [0.5, 0.6) is 0 Å². The molecule has 0 aromatic heterocycles. The molecule has 1 aliphatic carbocycles. The van der Waals surface area contributed by atoms with Crippen molar-refractivity contribution in [3.05, 3.63) is 0 Å². The fourth-order valence-corrected chi connectivity index (χ4v) is 2.75. The summed E-state index contributed by atoms with van der Waals surface area (Å²) < 4.78 is 0. The van der Waals surface area contributed by atoms with Gasteiger partial charge in [-0.1, -0.05) is 6.42 Å². The van der Waals surface area contributed by atoms with Gasteiger partial charge < -0.3 is 10.0 Å². The Kier molecular flexibility index (Phi) is 4.22. The third-order valence-corrected chi connectivity index (χ3v) is 3.89. The highest BCUT2D eigenvalue weighted by Crippen LogP contribution is 2.27. The lowest BCUT2D eigenvalue weighted by molar-refractivity contribution is -0.146. The van der Waals surface area contributed by atoms with Crippen molar-refractivity contribution >= 4 is 11.9 Å². The molecule has 1 amide bonds. The second kappa shape index (κ2) is 5.69. The number of hydrogen-bond acceptors (Lipinski definition) is 3. The lowest BCUT2D eigenvalue weighted by atomic mass is 10.0. The van der Waals surface area contributed by atoms with E-state index in [1.807, 2.05) is 16.7 Å². The first-order valence-corrected chi connectivity index (χ1v) is 6.89. The van der Waals surface area contributed by atoms with Crippen LogP contribution in [0.4, 0.5) is 0 Å². The van der Waals surface area contributed by atoms with Gasteiger partial charge in [0.1, 0.15) is 6.04 Å². The lowest BCUT2D eigenvalue weighted by Crippen LogP contribution is -2.50. The molecule has 1 atom stereocenters. The number of rotatable bonds is 5. The molecule has 102 valence electrons. The van der Waals surface area contributed by atoms with Gasteiger partial charge in [-0.15, -0.1) is 0 Å². The molecule has 0 aromatic carbocycles. The second-order valence-corrected chi connectivity index (χ2v) is 5.23. The molecule has 1 N–H and O–H groups in total. The van der Waals surface area contributed by atoms with Gasteiger partial charge in [-0.2, -0.15) is 0 Å². The Balaban J connectivity index is 1.93. The molecule has 0 bridgehead atoms. The van der Waals surface area contributed by atoms with Gasteiger partial charge in [0.25, 0.3) is 0 Å². The van der Waals surface area contributed by atoms with Gasteiger partial charge >= 0.3 is 5.97 Å². The normalized spacial score (nSPS) is 24.8. The maximum absolute atomic E-state index is 12.2. The molecular formula is C13H22N2O3. The zero-order valence-electron chi connectivity index (χ0n) is 11.0. The third-order valence-electron chi connectivity index (χ3n) is 3.89. The summed E-state index contributed by atoms with van der Waals surface area (Å²) in [5.41, 5.74) is 0. The Morgan fingerprint density at radius 3 is 2.56 bits per heavy atom. The van der Waals surface area contributed by atoms with E-state index in [0.29, 0.717) is 12.5 Å². The average molecular weight is 254 g/mol. The highest BCUT2D eigenvalue weighted by atomic mass is 16.4. The zero-order valence-corrected chi connectivity index (χ0v) is 11.0. The predicted molar refractivity (Wildman–Crippen MR) is 67.3 cm³/mol. The highest BCUT2D eigenvalue weighted by molar-refractivity contribution is 5.80. The van der Waals surface area contributed by atoms with Gasteiger partial charge in [0.15, 0.2) is 0 Å². The molecule has 1 aliphatic heterocycles. The largest absolute Gasteiger partial charge is 0.480 e. The minimum absolute atomic E-state index is 0.0909. The topological polar surface area (TPSA) is 60.9 Å². The highest BCUT2D eigenvalue weighted by Gasteiger charge is 2.35. The van der Waals surface area contributed by atoms with Crippen molar-refractivity contribution in [1.29, 1.82) is 0 Å². The van der Waals surface area contributed by atoms with Crippen LogP contribution in [0.25, 0.3) is 0 Å². The maximum Gasteiger partial charge on any atom is 0.320 e. The smallest absolute Gasteiger partial charge is 0.320 e. The van der Waals surface area contributed by atoms with Crippen LogP contribution in [0.15, 0.2) is 0 Å². The van der Waals surface area contributed by atoms with E-state index in [2.05, 4.69) is 0 Å². The summed E-state index contributed by atoms with van der Waals surface area (Å²) in [7, 11) is 0. The number of likely N-dealkylation sites (N-methyl/N-ethyl adjacent to an activating group) is 1. The third kappa shape index (κ3) is 3.02. The Hall–Kier alpha value is -1.10. The van der Waals surface area contributed by atoms with Crippen LogP contribution in [-0.4, -0.2) is 58.5 Å². The van der Waals surface area contributed by atoms with E-state index < -0.39 is 12.0 Å². The van der Waals surface area contributed by atoms with Crippen LogP contribution < -0.4 is 0 Å². The molecule has 1 saturated carbocycles. The summed E-state index contributed by atoms with van der Waals surface area (Å²) >= 11 is 0. The minimum atomic E-state index is -0.794. The minimum Gasteiger partial charge on any atom is -0.480 e. The summed E-state index contributed by atoms with van der Waals surface area (Å²) in [5, 5.41) is 9.17. The van der Waals surface area contributed by atoms with Crippen LogP contribution in [0.3, 0.4) is 0 Å². The van der Waals surface area contributed by atoms with E-state index in [1.54, 1.807) is 0 Å². The van der Waals surface area contributed by atoms with E-state index in [9.17, 15) is 14.7 Å². The van der Waals surface area contributed by atoms with E-state index in [0.717, 1.165) is 38.8 Å². The van der Waals surface area contributed by atoms with Crippen molar-refractivity contribution in [3.8, 4) is 0 Å². The molecule has 0 unspecified atom stereocenters. The zero-order chi connectivity index (χ0) is 13.1. The van der Waals surface area contributed by atoms with Crippen LogP contribution >= 0.6 is 0 Å². The van der Waals surface area contributed by atoms with Gasteiger partial charge in [0.05, 0.1) is 6.54 Å². The number of carbonyl (C=O) groups excluding carboxylic acids is 1. The molecule has 18 heavy (non-hydrogen) atoms. The van der Waals surface area contributed by atoms with Crippen molar-refractivity contribution in [2.75, 3.05) is 19.6 Å². The number of carboxylic acids is 1. The number of hydrogen-bond donors (Lipinski definition) is 1. The summed E-state index contributed by atoms with van der Waals surface area (Å²) in [6.07, 6.45) is 4.80. The standard InChI is InChI=1S/C13H22N2O3/c1-2-15(10-6-7-10)12(16)9-14-8-4-3-5-11(14)13(17)18/h10-11H,2-9H2,1H3,(H,17,18)/t11-/m0/s1. The van der Waals surface area contributed by atoms with Gasteiger partial charge in [0, 0.05) is 12.6 Å². The van der Waals surface area contributed by atoms with Gasteiger partial charge in [-0.05, 0) is 39.2 Å². The summed E-state index contributed by atoms with van der Waals surface area (Å²) in [4.78, 5) is 27.1. The molecule has 0 radical (unpaired) electrons. The maximum atomic E-state index is 12.2. The van der Waals surface area contributed by atoms with Crippen molar-refractivity contribution in [3.63, 3.8) is 0 Å². The van der Waals surface area contributed by atoms with Crippen LogP contribution in [0, 0.1) is 0 Å². The Bertz CT molecular complexity index is 328. The molecule has 2 fully saturated rings. The first-order chi connectivity index (χ1) is 8.63. The SMILES string of the molecule is CCN(C(=O)CN1CCCC[C@H]1C(=O)O)C1CC1. The summed E-state index contributed by atoms with van der Waals surface area (Å²) in [6, 6.07) is -0.0591. The van der Waals surface area contributed by atoms with Gasteiger partial charge in [0.2, 0.25) is 5.91 Å². The molecule has 1 saturated heterocycles. The quantitative estimate of drug-likeness (QED) is 0.793. The van der Waals surface area contributed by atoms with Gasteiger partial charge in [-0.25, -0.2) is 0 Å². The molecular weight excluding hydrogens is 232 g/mol. The average Bonchev–Trinajstić information content (AvgIpc) is 3.15. The van der Waals surface area contributed by atoms with Crippen molar-refractivity contribution in [1.82, 2.24) is 9.80 Å². The Morgan fingerprint density at radius 2 is 2.00 bits per heavy atom. The number of aliphatic carboxylic acids is 1. The van der Waals surface area contributed by atoms with E-state index in [-0.39, 0.29) is 12.5 Å². The number of likely N-dealkylation sites (tertiary alicyclic amines) is 1. The molecule has 1 heterocycles. The van der Waals surface area contributed by atoms with Gasteiger partial charge in [-0.3, -0.25) is 14.5 Å². The monoisotopic (exact) mass is 254 g/mol. The molecule has 2 rings (SSSR count). The number of nitrogens with zero attached hydrogens (tertiary/aromatic N) is 2. The predicted octanol–water partition coefficient (Wildman–Crippen LogP) is 0.936. The Labute approximate surface area is 108 Å².